The number of carboxylic acids is 1. The normalized spacial score (nSPS) is 10.9. The molecule has 8 nitrogen and oxygen atoms in total. The Bertz CT molecular complexity index is 663. The number of carboxylic acid groups (broad SMARTS) is 1. The number of nitrogens with one attached hydrogen (secondary N) is 1. The number of nitrogens with zero attached hydrogens (tertiary/aromatic N) is 4. The van der Waals surface area contributed by atoms with Gasteiger partial charge in [-0.3, -0.25) is 4.57 Å². The van der Waals surface area contributed by atoms with Crippen molar-refractivity contribution in [2.45, 2.75) is 30.2 Å². The Balaban J connectivity index is 2.34. The molecule has 0 saturated carbocycles. The highest BCUT2D eigenvalue weighted by Crippen LogP contribution is 2.23. The Morgan fingerprint density at radius 1 is 1.53 bits per heavy atom. The topological polar surface area (TPSA) is 114 Å². The molecule has 0 saturated heterocycles. The molecule has 2 rings (SSSR count). The largest absolute Gasteiger partial charge is 0.477 e. The fraction of sp³-hybridized carbons (Fsp3) is 0.300. The van der Waals surface area contributed by atoms with Crippen LogP contribution in [0.1, 0.15) is 30.4 Å². The third kappa shape index (κ3) is 2.81. The number of aromatic amines is 1. The first-order valence-electron chi connectivity index (χ1n) is 5.40. The Labute approximate surface area is 111 Å². The van der Waals surface area contributed by atoms with Crippen LogP contribution in [0.5, 0.6) is 0 Å². The molecular formula is C10H11N5O3S. The predicted octanol–water partition coefficient (Wildman–Crippen LogP) is 0.792. The number of aromatic carboxylic acids is 1. The summed E-state index contributed by atoms with van der Waals surface area (Å²) in [6.45, 7) is 3.69. The molecule has 0 aliphatic heterocycles. The molecule has 0 radical (unpaired) electrons. The van der Waals surface area contributed by atoms with Gasteiger partial charge in [-0.1, -0.05) is 0 Å². The molecule has 100 valence electrons. The third-order valence-electron chi connectivity index (χ3n) is 2.22. The van der Waals surface area contributed by atoms with Crippen LogP contribution in [0.3, 0.4) is 0 Å². The van der Waals surface area contributed by atoms with Gasteiger partial charge >= 0.3 is 11.7 Å². The van der Waals surface area contributed by atoms with Gasteiger partial charge in [-0.15, -0.1) is 5.10 Å². The van der Waals surface area contributed by atoms with E-state index >= 15 is 0 Å². The first-order chi connectivity index (χ1) is 8.99. The molecule has 0 unspecified atom stereocenters. The lowest BCUT2D eigenvalue weighted by atomic mass is 10.4. The molecule has 0 fully saturated rings. The summed E-state index contributed by atoms with van der Waals surface area (Å²) in [4.78, 5) is 30.2. The van der Waals surface area contributed by atoms with Gasteiger partial charge in [0.1, 0.15) is 0 Å². The van der Waals surface area contributed by atoms with Crippen molar-refractivity contribution in [1.29, 1.82) is 0 Å². The van der Waals surface area contributed by atoms with Crippen molar-refractivity contribution < 1.29 is 9.90 Å². The molecular weight excluding hydrogens is 270 g/mol. The van der Waals surface area contributed by atoms with E-state index in [0.717, 1.165) is 11.8 Å². The van der Waals surface area contributed by atoms with Gasteiger partial charge in [-0.25, -0.2) is 24.7 Å². The highest BCUT2D eigenvalue weighted by atomic mass is 32.2. The van der Waals surface area contributed by atoms with Gasteiger partial charge in [0.15, 0.2) is 16.0 Å². The van der Waals surface area contributed by atoms with E-state index in [-0.39, 0.29) is 22.6 Å². The average Bonchev–Trinajstić information content (AvgIpc) is 2.70. The van der Waals surface area contributed by atoms with Crippen molar-refractivity contribution in [3.63, 3.8) is 0 Å². The van der Waals surface area contributed by atoms with Crippen LogP contribution < -0.4 is 5.69 Å². The van der Waals surface area contributed by atoms with Crippen LogP contribution in [0.25, 0.3) is 0 Å². The summed E-state index contributed by atoms with van der Waals surface area (Å²) in [7, 11) is 0. The third-order valence-corrected chi connectivity index (χ3v) is 3.07. The summed E-state index contributed by atoms with van der Waals surface area (Å²) >= 11 is 1.03. The summed E-state index contributed by atoms with van der Waals surface area (Å²) in [5.41, 5.74) is -0.432. The van der Waals surface area contributed by atoms with E-state index in [2.05, 4.69) is 20.2 Å². The fourth-order valence-electron chi connectivity index (χ4n) is 1.41. The van der Waals surface area contributed by atoms with Gasteiger partial charge in [0.25, 0.3) is 0 Å². The van der Waals surface area contributed by atoms with Gasteiger partial charge in [0, 0.05) is 12.2 Å². The molecule has 0 atom stereocenters. The van der Waals surface area contributed by atoms with Gasteiger partial charge in [0.2, 0.25) is 0 Å². The Morgan fingerprint density at radius 3 is 2.89 bits per heavy atom. The molecule has 0 spiro atoms. The van der Waals surface area contributed by atoms with E-state index in [4.69, 9.17) is 5.11 Å². The molecule has 9 heteroatoms. The number of H-pyrrole nitrogens is 1. The van der Waals surface area contributed by atoms with Crippen LogP contribution >= 0.6 is 11.8 Å². The van der Waals surface area contributed by atoms with Gasteiger partial charge in [0.05, 0.1) is 0 Å². The van der Waals surface area contributed by atoms with E-state index in [0.29, 0.717) is 5.16 Å². The van der Waals surface area contributed by atoms with E-state index < -0.39 is 5.97 Å². The number of hydrogen-bond donors (Lipinski definition) is 2. The number of rotatable bonds is 4. The van der Waals surface area contributed by atoms with Crippen molar-refractivity contribution in [3.05, 3.63) is 28.4 Å². The van der Waals surface area contributed by atoms with E-state index in [1.54, 1.807) is 0 Å². The summed E-state index contributed by atoms with van der Waals surface area (Å²) in [5, 5.41) is 15.7. The standard InChI is InChI=1S/C10H11N5O3S/c1-5(2)15-9(18)13-14-10(15)19-8-11-4-3-6(12-8)7(16)17/h3-5H,1-2H3,(H,13,18)(H,16,17). The lowest BCUT2D eigenvalue weighted by Gasteiger charge is -2.07. The van der Waals surface area contributed by atoms with Crippen LogP contribution in [0.2, 0.25) is 0 Å². The van der Waals surface area contributed by atoms with Crippen LogP contribution in [-0.2, 0) is 0 Å². The van der Waals surface area contributed by atoms with Gasteiger partial charge < -0.3 is 5.11 Å². The highest BCUT2D eigenvalue weighted by Gasteiger charge is 2.15. The number of carbonyl (C=O) groups is 1. The molecule has 0 aliphatic rings. The summed E-state index contributed by atoms with van der Waals surface area (Å²) < 4.78 is 1.45. The maximum Gasteiger partial charge on any atom is 0.354 e. The van der Waals surface area contributed by atoms with E-state index in [1.807, 2.05) is 13.8 Å². The minimum absolute atomic E-state index is 0.0728. The Kier molecular flexibility index (Phi) is 3.65. The minimum Gasteiger partial charge on any atom is -0.477 e. The molecule has 0 aromatic carbocycles. The highest BCUT2D eigenvalue weighted by molar-refractivity contribution is 7.99. The Morgan fingerprint density at radius 2 is 2.26 bits per heavy atom. The second kappa shape index (κ2) is 5.22. The molecule has 19 heavy (non-hydrogen) atoms. The average molecular weight is 281 g/mol. The number of aromatic nitrogens is 5. The second-order valence-corrected chi connectivity index (χ2v) is 4.84. The molecule has 0 amide bonds. The zero-order valence-electron chi connectivity index (χ0n) is 10.2. The van der Waals surface area contributed by atoms with Crippen molar-refractivity contribution in [2.24, 2.45) is 0 Å². The first-order valence-corrected chi connectivity index (χ1v) is 6.21. The monoisotopic (exact) mass is 281 g/mol. The predicted molar refractivity (Wildman–Crippen MR) is 66.3 cm³/mol. The Hall–Kier alpha value is -2.16. The SMILES string of the molecule is CC(C)n1c(Sc2nccc(C(=O)O)n2)n[nH]c1=O. The number of hydrogen-bond acceptors (Lipinski definition) is 6. The smallest absolute Gasteiger partial charge is 0.354 e. The van der Waals surface area contributed by atoms with Crippen LogP contribution in [0.4, 0.5) is 0 Å². The summed E-state index contributed by atoms with van der Waals surface area (Å²) in [6.07, 6.45) is 1.35. The fourth-order valence-corrected chi connectivity index (χ4v) is 2.31. The molecule has 2 N–H and O–H groups in total. The lowest BCUT2D eigenvalue weighted by Crippen LogP contribution is -2.19. The van der Waals surface area contributed by atoms with Crippen LogP contribution in [-0.4, -0.2) is 35.8 Å². The lowest BCUT2D eigenvalue weighted by molar-refractivity contribution is 0.0689. The maximum absolute atomic E-state index is 11.5. The van der Waals surface area contributed by atoms with Gasteiger partial charge in [-0.05, 0) is 31.7 Å². The second-order valence-electron chi connectivity index (χ2n) is 3.91. The quantitative estimate of drug-likeness (QED) is 0.796. The van der Waals surface area contributed by atoms with Gasteiger partial charge in [-0.2, -0.15) is 0 Å². The van der Waals surface area contributed by atoms with Crippen LogP contribution in [0, 0.1) is 0 Å². The summed E-state index contributed by atoms with van der Waals surface area (Å²) in [6, 6.07) is 1.23. The van der Waals surface area contributed by atoms with E-state index in [9.17, 15) is 9.59 Å². The molecule has 2 heterocycles. The minimum atomic E-state index is -1.13. The van der Waals surface area contributed by atoms with Crippen molar-refractivity contribution in [1.82, 2.24) is 24.7 Å². The molecule has 2 aromatic rings. The molecule has 2 aromatic heterocycles. The maximum atomic E-state index is 11.5. The zero-order chi connectivity index (χ0) is 14.0. The first kappa shape index (κ1) is 13.3. The van der Waals surface area contributed by atoms with Crippen molar-refractivity contribution in [3.8, 4) is 0 Å². The van der Waals surface area contributed by atoms with Crippen molar-refractivity contribution in [2.75, 3.05) is 0 Å². The molecule has 0 aliphatic carbocycles. The molecule has 0 bridgehead atoms. The van der Waals surface area contributed by atoms with E-state index in [1.165, 1.54) is 16.8 Å². The zero-order valence-corrected chi connectivity index (χ0v) is 11.0. The summed E-state index contributed by atoms with van der Waals surface area (Å²) in [5.74, 6) is -1.13. The van der Waals surface area contributed by atoms with Crippen LogP contribution in [0.15, 0.2) is 27.4 Å². The van der Waals surface area contributed by atoms with Crippen molar-refractivity contribution >= 4 is 17.7 Å².